The molecule has 2 aromatic rings. The maximum atomic E-state index is 14.4. The summed E-state index contributed by atoms with van der Waals surface area (Å²) in [7, 11) is 5.67. The fourth-order valence-electron chi connectivity index (χ4n) is 8.30. The Bertz CT molecular complexity index is 1590. The van der Waals surface area contributed by atoms with E-state index >= 15 is 0 Å². The lowest BCUT2D eigenvalue weighted by Gasteiger charge is -2.47. The van der Waals surface area contributed by atoms with Gasteiger partial charge in [-0.1, -0.05) is 51.1 Å². The van der Waals surface area contributed by atoms with Gasteiger partial charge >= 0.3 is 5.97 Å². The quantitative estimate of drug-likeness (QED) is 0.258. The molecule has 0 saturated carbocycles. The van der Waals surface area contributed by atoms with Crippen molar-refractivity contribution in [1.29, 1.82) is 0 Å². The highest BCUT2D eigenvalue weighted by atomic mass is 16.7. The van der Waals surface area contributed by atoms with Gasteiger partial charge in [0.15, 0.2) is 12.1 Å². The highest BCUT2D eigenvalue weighted by Crippen LogP contribution is 2.37. The standard InChI is InChI=1S/C42H65N3O9/c1-12-34-42(8,50)37(48)29(6)45(11)24-25(2)22-41(7,51-19-15-16-30-21-31-17-13-14-18-32(31)43-23-30)38(27(4)35(46)28(5)39(49)53-34)54-40-36(47)33(44(9)10)20-26(3)52-40/h13-18,21,23,25-29,33-34,36-38,40,47-48,50H,12,19-20,22,24H2,1-11H3/b16-15+/t25-,26-,27+,28+,29+,33+,34+,36-,37-,38-,40+,41+,42-/m1/s1. The minimum atomic E-state index is -1.79. The SMILES string of the molecule is CC[C@@H]1OC(=O)[C@@H](C)C(=O)[C@H](C)[C@@H](O[C@@H]2O[C@H](C)C[C@H](N(C)C)[C@H]2O)[C@@](C)(OC/C=C/c2cnc3ccccc3c2)C[C@@H](C)CN(C)[C@@H](C)[C@@H](O)[C@]1(C)O. The molecule has 302 valence electrons. The van der Waals surface area contributed by atoms with Gasteiger partial charge < -0.3 is 44.1 Å². The van der Waals surface area contributed by atoms with Gasteiger partial charge in [0.2, 0.25) is 0 Å². The number of hydrogen-bond acceptors (Lipinski definition) is 12. The first kappa shape index (κ1) is 43.9. The zero-order chi connectivity index (χ0) is 40.1. The van der Waals surface area contributed by atoms with E-state index in [0.29, 0.717) is 19.4 Å². The Morgan fingerprint density at radius 1 is 1.09 bits per heavy atom. The molecule has 2 aliphatic rings. The second-order valence-electron chi connectivity index (χ2n) is 16.5. The van der Waals surface area contributed by atoms with Crippen LogP contribution in [0.3, 0.4) is 0 Å². The van der Waals surface area contributed by atoms with E-state index in [-0.39, 0.29) is 31.1 Å². The van der Waals surface area contributed by atoms with E-state index in [1.54, 1.807) is 20.0 Å². The lowest BCUT2D eigenvalue weighted by Crippen LogP contribution is -2.59. The average Bonchev–Trinajstić information content (AvgIpc) is 3.13. The van der Waals surface area contributed by atoms with Crippen LogP contribution in [0.1, 0.15) is 80.2 Å². The van der Waals surface area contributed by atoms with Gasteiger partial charge in [0.05, 0.1) is 29.9 Å². The first-order valence-corrected chi connectivity index (χ1v) is 19.5. The van der Waals surface area contributed by atoms with E-state index in [1.807, 2.05) is 88.1 Å². The largest absolute Gasteiger partial charge is 0.459 e. The van der Waals surface area contributed by atoms with Crippen molar-refractivity contribution in [2.24, 2.45) is 17.8 Å². The molecule has 0 spiro atoms. The molecule has 0 amide bonds. The molecule has 2 fully saturated rings. The Hall–Kier alpha value is -2.81. The number of aliphatic hydroxyl groups is 3. The number of pyridine rings is 1. The Kier molecular flexibility index (Phi) is 15.0. The molecule has 54 heavy (non-hydrogen) atoms. The fraction of sp³-hybridized carbons (Fsp3) is 0.690. The number of nitrogens with zero attached hydrogens (tertiary/aromatic N) is 3. The molecule has 2 saturated heterocycles. The number of benzene rings is 1. The van der Waals surface area contributed by atoms with Gasteiger partial charge in [0.25, 0.3) is 0 Å². The van der Waals surface area contributed by atoms with Crippen LogP contribution < -0.4 is 0 Å². The topological polar surface area (TPSA) is 151 Å². The number of fused-ring (bicyclic) bond motifs is 1. The van der Waals surface area contributed by atoms with Crippen LogP contribution in [0, 0.1) is 17.8 Å². The van der Waals surface area contributed by atoms with Crippen LogP contribution >= 0.6 is 0 Å². The van der Waals surface area contributed by atoms with E-state index in [9.17, 15) is 24.9 Å². The zero-order valence-corrected chi connectivity index (χ0v) is 34.1. The molecule has 0 radical (unpaired) electrons. The summed E-state index contributed by atoms with van der Waals surface area (Å²) in [5, 5.41) is 35.6. The summed E-state index contributed by atoms with van der Waals surface area (Å²) in [4.78, 5) is 36.5. The molecule has 12 nitrogen and oxygen atoms in total. The third-order valence-electron chi connectivity index (χ3n) is 11.7. The molecule has 0 unspecified atom stereocenters. The summed E-state index contributed by atoms with van der Waals surface area (Å²) in [5.41, 5.74) is -1.14. The van der Waals surface area contributed by atoms with Crippen molar-refractivity contribution in [3.05, 3.63) is 48.2 Å². The van der Waals surface area contributed by atoms with Crippen LogP contribution in [-0.4, -0.2) is 136 Å². The summed E-state index contributed by atoms with van der Waals surface area (Å²) in [6.45, 7) is 14.8. The number of ether oxygens (including phenoxy) is 4. The summed E-state index contributed by atoms with van der Waals surface area (Å²) < 4.78 is 25.6. The predicted octanol–water partition coefficient (Wildman–Crippen LogP) is 4.47. The van der Waals surface area contributed by atoms with Crippen LogP contribution in [0.5, 0.6) is 0 Å². The normalized spacial score (nSPS) is 38.4. The predicted molar refractivity (Wildman–Crippen MR) is 208 cm³/mol. The Labute approximate surface area is 321 Å². The number of para-hydroxylation sites is 1. The molecular formula is C42H65N3O9. The molecule has 13 atom stereocenters. The van der Waals surface area contributed by atoms with E-state index in [0.717, 1.165) is 16.5 Å². The van der Waals surface area contributed by atoms with Gasteiger partial charge in [0.1, 0.15) is 29.8 Å². The molecule has 1 aromatic carbocycles. The van der Waals surface area contributed by atoms with Crippen LogP contribution in [-0.2, 0) is 28.5 Å². The molecule has 1 aromatic heterocycles. The molecule has 12 heteroatoms. The van der Waals surface area contributed by atoms with Gasteiger partial charge in [-0.05, 0) is 98.6 Å². The zero-order valence-electron chi connectivity index (χ0n) is 34.1. The van der Waals surface area contributed by atoms with Crippen LogP contribution in [0.25, 0.3) is 17.0 Å². The molecule has 2 aliphatic heterocycles. The summed E-state index contributed by atoms with van der Waals surface area (Å²) in [6, 6.07) is 9.17. The number of esters is 1. The van der Waals surface area contributed by atoms with Crippen LogP contribution in [0.4, 0.5) is 0 Å². The average molecular weight is 756 g/mol. The third-order valence-corrected chi connectivity index (χ3v) is 11.7. The monoisotopic (exact) mass is 755 g/mol. The van der Waals surface area contributed by atoms with E-state index in [1.165, 1.54) is 13.8 Å². The fourth-order valence-corrected chi connectivity index (χ4v) is 8.30. The second-order valence-corrected chi connectivity index (χ2v) is 16.5. The van der Waals surface area contributed by atoms with Crippen molar-refractivity contribution in [3.8, 4) is 0 Å². The molecule has 3 N–H and O–H groups in total. The number of likely N-dealkylation sites (N-methyl/N-ethyl adjacent to an activating group) is 2. The first-order chi connectivity index (χ1) is 25.3. The lowest BCUT2D eigenvalue weighted by molar-refractivity contribution is -0.297. The van der Waals surface area contributed by atoms with Crippen molar-refractivity contribution >= 4 is 28.7 Å². The van der Waals surface area contributed by atoms with Gasteiger partial charge in [-0.15, -0.1) is 0 Å². The number of Topliss-reactive ketones (excluding diaryl/α,β-unsaturated/α-hetero) is 1. The summed E-state index contributed by atoms with van der Waals surface area (Å²) in [6.07, 6.45) is 1.19. The number of cyclic esters (lactones) is 1. The first-order valence-electron chi connectivity index (χ1n) is 19.5. The molecule has 4 rings (SSSR count). The van der Waals surface area contributed by atoms with Crippen molar-refractivity contribution in [1.82, 2.24) is 14.8 Å². The number of carbonyl (C=O) groups is 2. The number of aliphatic hydroxyl groups excluding tert-OH is 2. The highest BCUT2D eigenvalue weighted by molar-refractivity contribution is 6.00. The minimum absolute atomic E-state index is 0.0743. The molecular weight excluding hydrogens is 690 g/mol. The number of carbonyl (C=O) groups excluding carboxylic acids is 2. The molecule has 0 bridgehead atoms. The molecule has 3 heterocycles. The summed E-state index contributed by atoms with van der Waals surface area (Å²) >= 11 is 0. The summed E-state index contributed by atoms with van der Waals surface area (Å²) in [5.74, 6) is -3.47. The van der Waals surface area contributed by atoms with E-state index in [2.05, 4.69) is 18.0 Å². The number of rotatable bonds is 8. The van der Waals surface area contributed by atoms with Crippen LogP contribution in [0.2, 0.25) is 0 Å². The second kappa shape index (κ2) is 18.4. The molecule has 0 aliphatic carbocycles. The van der Waals surface area contributed by atoms with Gasteiger partial charge in [-0.2, -0.15) is 0 Å². The van der Waals surface area contributed by atoms with Gasteiger partial charge in [-0.25, -0.2) is 0 Å². The van der Waals surface area contributed by atoms with Crippen molar-refractivity contribution in [2.75, 3.05) is 34.3 Å². The maximum absolute atomic E-state index is 14.4. The Balaban J connectivity index is 1.76. The lowest BCUT2D eigenvalue weighted by atomic mass is 9.78. The van der Waals surface area contributed by atoms with Crippen molar-refractivity contribution < 1.29 is 43.9 Å². The van der Waals surface area contributed by atoms with Gasteiger partial charge in [-0.3, -0.25) is 14.6 Å². The Morgan fingerprint density at radius 2 is 1.78 bits per heavy atom. The van der Waals surface area contributed by atoms with Crippen molar-refractivity contribution in [3.63, 3.8) is 0 Å². The maximum Gasteiger partial charge on any atom is 0.316 e. The number of aromatic nitrogens is 1. The van der Waals surface area contributed by atoms with Crippen molar-refractivity contribution in [2.45, 2.75) is 135 Å². The minimum Gasteiger partial charge on any atom is -0.459 e. The third kappa shape index (κ3) is 10.1. The van der Waals surface area contributed by atoms with E-state index < -0.39 is 71.5 Å². The van der Waals surface area contributed by atoms with E-state index in [4.69, 9.17) is 18.9 Å². The number of hydrogen-bond donors (Lipinski definition) is 3. The smallest absolute Gasteiger partial charge is 0.316 e. The van der Waals surface area contributed by atoms with Gasteiger partial charge in [0, 0.05) is 36.1 Å². The number of ketones is 1. The Morgan fingerprint density at radius 3 is 2.44 bits per heavy atom. The highest BCUT2D eigenvalue weighted by Gasteiger charge is 2.50. The van der Waals surface area contributed by atoms with Crippen LogP contribution in [0.15, 0.2) is 42.6 Å².